The molecule has 130 valence electrons. The van der Waals surface area contributed by atoms with E-state index >= 15 is 0 Å². The fourth-order valence-corrected chi connectivity index (χ4v) is 2.98. The van der Waals surface area contributed by atoms with E-state index in [1.165, 1.54) is 32.1 Å². The van der Waals surface area contributed by atoms with E-state index < -0.39 is 0 Å². The van der Waals surface area contributed by atoms with Crippen LogP contribution in [-0.2, 0) is 9.53 Å². The average Bonchev–Trinajstić information content (AvgIpc) is 2.45. The van der Waals surface area contributed by atoms with E-state index in [4.69, 9.17) is 4.74 Å². The molecule has 1 saturated heterocycles. The molecule has 4 heteroatoms. The molecular weight excluding hydrogens is 276 g/mol. The summed E-state index contributed by atoms with van der Waals surface area (Å²) in [6.45, 7) is 13.0. The molecule has 1 amide bonds. The van der Waals surface area contributed by atoms with Gasteiger partial charge in [0.2, 0.25) is 5.91 Å². The van der Waals surface area contributed by atoms with Crippen LogP contribution >= 0.6 is 0 Å². The third-order valence-corrected chi connectivity index (χ3v) is 4.45. The largest absolute Gasteiger partial charge is 0.379 e. The molecule has 0 unspecified atom stereocenters. The predicted octanol–water partition coefficient (Wildman–Crippen LogP) is 3.21. The zero-order valence-corrected chi connectivity index (χ0v) is 15.1. The first kappa shape index (κ1) is 19.4. The third-order valence-electron chi connectivity index (χ3n) is 4.45. The lowest BCUT2D eigenvalue weighted by molar-refractivity contribution is -0.139. The van der Waals surface area contributed by atoms with Gasteiger partial charge >= 0.3 is 0 Å². The van der Waals surface area contributed by atoms with Gasteiger partial charge < -0.3 is 15.0 Å². The number of ether oxygens (including phenoxy) is 1. The second kappa shape index (κ2) is 10.2. The Hall–Kier alpha value is -0.610. The Kier molecular flexibility index (Phi) is 9.03. The van der Waals surface area contributed by atoms with E-state index in [-0.39, 0.29) is 11.3 Å². The van der Waals surface area contributed by atoms with Crippen LogP contribution in [0.3, 0.4) is 0 Å². The minimum atomic E-state index is -0.146. The van der Waals surface area contributed by atoms with Gasteiger partial charge in [-0.05, 0) is 40.2 Å². The first-order chi connectivity index (χ1) is 10.5. The van der Waals surface area contributed by atoms with Gasteiger partial charge in [-0.2, -0.15) is 0 Å². The van der Waals surface area contributed by atoms with E-state index in [9.17, 15) is 4.79 Å². The molecule has 0 saturated carbocycles. The van der Waals surface area contributed by atoms with Crippen LogP contribution in [0.1, 0.15) is 66.2 Å². The number of hydrogen-bond acceptors (Lipinski definition) is 3. The Morgan fingerprint density at radius 1 is 1.14 bits per heavy atom. The molecule has 0 radical (unpaired) electrons. The van der Waals surface area contributed by atoms with Gasteiger partial charge in [0.15, 0.2) is 0 Å². The summed E-state index contributed by atoms with van der Waals surface area (Å²) in [6.07, 6.45) is 7.62. The van der Waals surface area contributed by atoms with Crippen LogP contribution in [0.4, 0.5) is 0 Å². The molecule has 0 atom stereocenters. The summed E-state index contributed by atoms with van der Waals surface area (Å²) in [6, 6.07) is 0. The highest BCUT2D eigenvalue weighted by Gasteiger charge is 2.43. The van der Waals surface area contributed by atoms with Gasteiger partial charge in [0.05, 0.1) is 11.5 Å². The van der Waals surface area contributed by atoms with Crippen LogP contribution in [0, 0.1) is 5.41 Å². The van der Waals surface area contributed by atoms with Crippen LogP contribution in [0.2, 0.25) is 0 Å². The van der Waals surface area contributed by atoms with Crippen LogP contribution in [0.5, 0.6) is 0 Å². The summed E-state index contributed by atoms with van der Waals surface area (Å²) in [5, 5.41) is 3.11. The Bertz CT molecular complexity index is 312. The normalized spacial score (nSPS) is 17.5. The molecule has 1 fully saturated rings. The van der Waals surface area contributed by atoms with Gasteiger partial charge in [-0.15, -0.1) is 0 Å². The highest BCUT2D eigenvalue weighted by molar-refractivity contribution is 5.83. The van der Waals surface area contributed by atoms with Crippen molar-refractivity contribution in [3.63, 3.8) is 0 Å². The lowest BCUT2D eigenvalue weighted by atomic mass is 9.81. The van der Waals surface area contributed by atoms with Crippen molar-refractivity contribution in [1.29, 1.82) is 0 Å². The van der Waals surface area contributed by atoms with E-state index in [2.05, 4.69) is 37.9 Å². The van der Waals surface area contributed by atoms with Crippen molar-refractivity contribution < 1.29 is 9.53 Å². The number of nitrogens with zero attached hydrogens (tertiary/aromatic N) is 1. The number of unbranched alkanes of at least 4 members (excludes halogenated alkanes) is 5. The molecule has 0 spiro atoms. The Labute approximate surface area is 137 Å². The van der Waals surface area contributed by atoms with Gasteiger partial charge in [0.1, 0.15) is 0 Å². The number of carbonyl (C=O) groups excluding carboxylic acids is 1. The van der Waals surface area contributed by atoms with Gasteiger partial charge in [-0.3, -0.25) is 4.79 Å². The summed E-state index contributed by atoms with van der Waals surface area (Å²) in [7, 11) is 0. The van der Waals surface area contributed by atoms with Crippen molar-refractivity contribution >= 4 is 5.91 Å². The number of likely N-dealkylation sites (tertiary alicyclic amines) is 1. The zero-order chi connectivity index (χ0) is 16.4. The molecule has 0 bridgehead atoms. The van der Waals surface area contributed by atoms with Gasteiger partial charge in [0.25, 0.3) is 0 Å². The topological polar surface area (TPSA) is 41.6 Å². The van der Waals surface area contributed by atoms with Gasteiger partial charge in [0, 0.05) is 26.2 Å². The Morgan fingerprint density at radius 3 is 2.32 bits per heavy atom. The smallest absolute Gasteiger partial charge is 0.228 e. The minimum absolute atomic E-state index is 0.146. The van der Waals surface area contributed by atoms with Gasteiger partial charge in [-0.1, -0.05) is 32.6 Å². The third kappa shape index (κ3) is 7.10. The molecule has 0 aliphatic carbocycles. The first-order valence-corrected chi connectivity index (χ1v) is 9.10. The van der Waals surface area contributed by atoms with Crippen LogP contribution in [0.25, 0.3) is 0 Å². The lowest BCUT2D eigenvalue weighted by Gasteiger charge is -2.46. The quantitative estimate of drug-likeness (QED) is 0.563. The second-order valence-corrected chi connectivity index (χ2v) is 7.16. The summed E-state index contributed by atoms with van der Waals surface area (Å²) in [5.74, 6) is 0.239. The maximum absolute atomic E-state index is 12.1. The summed E-state index contributed by atoms with van der Waals surface area (Å²) in [4.78, 5) is 14.4. The summed E-state index contributed by atoms with van der Waals surface area (Å²) in [5.41, 5.74) is -0.146. The number of amides is 1. The lowest BCUT2D eigenvalue weighted by Crippen LogP contribution is -2.61. The van der Waals surface area contributed by atoms with E-state index in [0.29, 0.717) is 6.10 Å². The van der Waals surface area contributed by atoms with Crippen molar-refractivity contribution in [3.05, 3.63) is 0 Å². The van der Waals surface area contributed by atoms with Crippen molar-refractivity contribution in [2.24, 2.45) is 5.41 Å². The highest BCUT2D eigenvalue weighted by atomic mass is 16.5. The van der Waals surface area contributed by atoms with E-state index in [1.54, 1.807) is 0 Å². The molecule has 1 aliphatic heterocycles. The first-order valence-electron chi connectivity index (χ1n) is 9.10. The average molecular weight is 312 g/mol. The maximum atomic E-state index is 12.1. The Morgan fingerprint density at radius 2 is 1.73 bits per heavy atom. The molecular formula is C18H36N2O2. The highest BCUT2D eigenvalue weighted by Crippen LogP contribution is 2.29. The number of carbonyl (C=O) groups is 1. The van der Waals surface area contributed by atoms with Gasteiger partial charge in [-0.25, -0.2) is 0 Å². The van der Waals surface area contributed by atoms with Crippen LogP contribution in [0.15, 0.2) is 0 Å². The summed E-state index contributed by atoms with van der Waals surface area (Å²) >= 11 is 0. The predicted molar refractivity (Wildman–Crippen MR) is 92.0 cm³/mol. The second-order valence-electron chi connectivity index (χ2n) is 7.16. The van der Waals surface area contributed by atoms with Crippen molar-refractivity contribution in [3.8, 4) is 0 Å². The van der Waals surface area contributed by atoms with Crippen molar-refractivity contribution in [2.75, 3.05) is 32.8 Å². The zero-order valence-electron chi connectivity index (χ0n) is 15.1. The van der Waals surface area contributed by atoms with Crippen molar-refractivity contribution in [1.82, 2.24) is 10.2 Å². The number of nitrogens with one attached hydrogen (secondary N) is 1. The molecule has 22 heavy (non-hydrogen) atoms. The summed E-state index contributed by atoms with van der Waals surface area (Å²) < 4.78 is 5.53. The SMILES string of the molecule is CCN1CC(C)(C(=O)NCCCCCCCCOC(C)C)C1. The molecule has 0 aromatic rings. The minimum Gasteiger partial charge on any atom is -0.379 e. The van der Waals surface area contributed by atoms with Crippen LogP contribution < -0.4 is 5.32 Å². The molecule has 0 aromatic carbocycles. The molecule has 1 heterocycles. The van der Waals surface area contributed by atoms with E-state index in [0.717, 1.165) is 39.2 Å². The van der Waals surface area contributed by atoms with Crippen molar-refractivity contribution in [2.45, 2.75) is 72.3 Å². The van der Waals surface area contributed by atoms with E-state index in [1.807, 2.05) is 0 Å². The fourth-order valence-electron chi connectivity index (χ4n) is 2.98. The number of hydrogen-bond donors (Lipinski definition) is 1. The molecule has 1 rings (SSSR count). The monoisotopic (exact) mass is 312 g/mol. The number of rotatable bonds is 12. The standard InChI is InChI=1S/C18H36N2O2/c1-5-20-14-18(4,15-20)17(21)19-12-10-8-6-7-9-11-13-22-16(2)3/h16H,5-15H2,1-4H3,(H,19,21). The van der Waals surface area contributed by atoms with Crippen LogP contribution in [-0.4, -0.2) is 49.7 Å². The molecule has 0 aromatic heterocycles. The Balaban J connectivity index is 1.88. The molecule has 1 aliphatic rings. The fraction of sp³-hybridized carbons (Fsp3) is 0.944. The maximum Gasteiger partial charge on any atom is 0.228 e. The molecule has 4 nitrogen and oxygen atoms in total. The molecule has 1 N–H and O–H groups in total.